The van der Waals surface area contributed by atoms with Crippen molar-refractivity contribution in [2.75, 3.05) is 6.61 Å². The van der Waals surface area contributed by atoms with Crippen molar-refractivity contribution in [1.82, 2.24) is 5.32 Å². The predicted molar refractivity (Wildman–Crippen MR) is 61.6 cm³/mol. The fourth-order valence-electron chi connectivity index (χ4n) is 1.74. The second-order valence-corrected chi connectivity index (χ2v) is 4.42. The zero-order chi connectivity index (χ0) is 12.4. The highest BCUT2D eigenvalue weighted by molar-refractivity contribution is 5.93. The molecular formula is C12H16N2O3. The monoisotopic (exact) mass is 236 g/mol. The lowest BCUT2D eigenvalue weighted by Crippen LogP contribution is -2.41. The number of carbonyl (C=O) groups excluding carboxylic acids is 2. The summed E-state index contributed by atoms with van der Waals surface area (Å²) < 4.78 is 5.36. The fourth-order valence-corrected chi connectivity index (χ4v) is 1.74. The molecule has 1 atom stereocenters. The lowest BCUT2D eigenvalue weighted by Gasteiger charge is -2.25. The van der Waals surface area contributed by atoms with Gasteiger partial charge in [-0.2, -0.15) is 0 Å². The van der Waals surface area contributed by atoms with Gasteiger partial charge in [-0.15, -0.1) is 0 Å². The van der Waals surface area contributed by atoms with E-state index in [1.165, 1.54) is 6.92 Å². The van der Waals surface area contributed by atoms with Gasteiger partial charge in [0, 0.05) is 5.70 Å². The summed E-state index contributed by atoms with van der Waals surface area (Å²) in [5, 5.41) is 3.12. The van der Waals surface area contributed by atoms with Crippen LogP contribution in [0.3, 0.4) is 0 Å². The van der Waals surface area contributed by atoms with E-state index in [-0.39, 0.29) is 12.4 Å². The summed E-state index contributed by atoms with van der Waals surface area (Å²) >= 11 is 0. The van der Waals surface area contributed by atoms with E-state index in [2.05, 4.69) is 5.32 Å². The first-order valence-corrected chi connectivity index (χ1v) is 5.67. The Hall–Kier alpha value is -1.62. The van der Waals surface area contributed by atoms with Crippen LogP contribution in [0.5, 0.6) is 0 Å². The average Bonchev–Trinajstić information content (AvgIpc) is 3.09. The summed E-state index contributed by atoms with van der Waals surface area (Å²) in [5.41, 5.74) is 6.68. The number of hydrogen-bond acceptors (Lipinski definition) is 4. The predicted octanol–water partition coefficient (Wildman–Crippen LogP) is 0.227. The van der Waals surface area contributed by atoms with Crippen LogP contribution in [0.4, 0.5) is 0 Å². The Bertz CT molecular complexity index is 408. The van der Waals surface area contributed by atoms with Gasteiger partial charge in [-0.3, -0.25) is 9.59 Å². The smallest absolute Gasteiger partial charge is 0.249 e. The zero-order valence-corrected chi connectivity index (χ0v) is 9.73. The van der Waals surface area contributed by atoms with Crippen molar-refractivity contribution in [3.63, 3.8) is 0 Å². The largest absolute Gasteiger partial charge is 0.366 e. The maximum absolute atomic E-state index is 11.2. The van der Waals surface area contributed by atoms with E-state index in [1.807, 2.05) is 6.08 Å². The van der Waals surface area contributed by atoms with Crippen LogP contribution in [-0.2, 0) is 14.3 Å². The van der Waals surface area contributed by atoms with E-state index >= 15 is 0 Å². The summed E-state index contributed by atoms with van der Waals surface area (Å²) in [6, 6.07) is 0. The number of carbonyl (C=O) groups is 2. The van der Waals surface area contributed by atoms with Crippen LogP contribution in [0, 0.1) is 5.92 Å². The Balaban J connectivity index is 2.07. The highest BCUT2D eigenvalue weighted by Gasteiger charge is 2.31. The Morgan fingerprint density at radius 3 is 2.71 bits per heavy atom. The SMILES string of the molecule is CC(=O)CO[C@H]1NC(C2CC2)=CC=C1C(N)=O. The normalized spacial score (nSPS) is 23.5. The minimum Gasteiger partial charge on any atom is -0.366 e. The molecule has 0 bridgehead atoms. The first-order chi connectivity index (χ1) is 8.08. The number of amides is 1. The van der Waals surface area contributed by atoms with Crippen molar-refractivity contribution < 1.29 is 14.3 Å². The molecule has 0 unspecified atom stereocenters. The molecule has 5 heteroatoms. The van der Waals surface area contributed by atoms with Crippen LogP contribution in [0.15, 0.2) is 23.4 Å². The molecule has 0 radical (unpaired) electrons. The number of nitrogens with two attached hydrogens (primary N) is 1. The molecular weight excluding hydrogens is 220 g/mol. The Morgan fingerprint density at radius 1 is 1.47 bits per heavy atom. The molecule has 1 heterocycles. The average molecular weight is 236 g/mol. The first kappa shape index (κ1) is 11.9. The Kier molecular flexibility index (Phi) is 3.28. The van der Waals surface area contributed by atoms with Crippen molar-refractivity contribution >= 4 is 11.7 Å². The Morgan fingerprint density at radius 2 is 2.18 bits per heavy atom. The van der Waals surface area contributed by atoms with Crippen molar-refractivity contribution in [2.24, 2.45) is 11.7 Å². The standard InChI is InChI=1S/C12H16N2O3/c1-7(15)6-17-12-9(11(13)16)4-5-10(14-12)8-2-3-8/h4-5,8,12,14H,2-3,6H2,1H3,(H2,13,16)/t12-/m1/s1. The molecule has 0 saturated heterocycles. The van der Waals surface area contributed by atoms with Crippen LogP contribution in [0.2, 0.25) is 0 Å². The topological polar surface area (TPSA) is 81.4 Å². The molecule has 1 amide bonds. The molecule has 3 N–H and O–H groups in total. The third-order valence-electron chi connectivity index (χ3n) is 2.78. The quantitative estimate of drug-likeness (QED) is 0.715. The molecule has 2 rings (SSSR count). The fraction of sp³-hybridized carbons (Fsp3) is 0.500. The van der Waals surface area contributed by atoms with Crippen molar-refractivity contribution in [3.05, 3.63) is 23.4 Å². The van der Waals surface area contributed by atoms with Gasteiger partial charge in [-0.1, -0.05) is 0 Å². The molecule has 0 aromatic heterocycles. The third-order valence-corrected chi connectivity index (χ3v) is 2.78. The summed E-state index contributed by atoms with van der Waals surface area (Å²) in [5.74, 6) is -0.0839. The molecule has 1 saturated carbocycles. The zero-order valence-electron chi connectivity index (χ0n) is 9.73. The maximum atomic E-state index is 11.2. The summed E-state index contributed by atoms with van der Waals surface area (Å²) in [4.78, 5) is 22.1. The van der Waals surface area contributed by atoms with E-state index in [0.29, 0.717) is 11.5 Å². The number of rotatable bonds is 5. The first-order valence-electron chi connectivity index (χ1n) is 5.67. The van der Waals surface area contributed by atoms with Gasteiger partial charge >= 0.3 is 0 Å². The van der Waals surface area contributed by atoms with E-state index in [4.69, 9.17) is 10.5 Å². The van der Waals surface area contributed by atoms with Crippen LogP contribution in [-0.4, -0.2) is 24.5 Å². The number of ether oxygens (including phenoxy) is 1. The minimum absolute atomic E-state index is 0.0275. The number of nitrogens with one attached hydrogen (secondary N) is 1. The molecule has 1 fully saturated rings. The molecule has 0 aromatic rings. The van der Waals surface area contributed by atoms with Crippen molar-refractivity contribution in [2.45, 2.75) is 26.0 Å². The number of allylic oxidation sites excluding steroid dienone is 3. The van der Waals surface area contributed by atoms with E-state index in [0.717, 1.165) is 18.5 Å². The minimum atomic E-state index is -0.600. The molecule has 0 aromatic carbocycles. The molecule has 1 aliphatic carbocycles. The van der Waals surface area contributed by atoms with Crippen molar-refractivity contribution in [3.8, 4) is 0 Å². The van der Waals surface area contributed by atoms with Gasteiger partial charge in [-0.25, -0.2) is 0 Å². The second-order valence-electron chi connectivity index (χ2n) is 4.42. The lowest BCUT2D eigenvalue weighted by molar-refractivity contribution is -0.125. The number of ketones is 1. The molecule has 0 spiro atoms. The molecule has 5 nitrogen and oxygen atoms in total. The highest BCUT2D eigenvalue weighted by atomic mass is 16.5. The maximum Gasteiger partial charge on any atom is 0.249 e. The van der Waals surface area contributed by atoms with Crippen LogP contribution in [0.25, 0.3) is 0 Å². The number of primary amides is 1. The van der Waals surface area contributed by atoms with Crippen LogP contribution < -0.4 is 11.1 Å². The van der Waals surface area contributed by atoms with Gasteiger partial charge in [-0.05, 0) is 37.8 Å². The van der Waals surface area contributed by atoms with Gasteiger partial charge in [0.15, 0.2) is 12.0 Å². The van der Waals surface area contributed by atoms with Gasteiger partial charge in [0.2, 0.25) is 5.91 Å². The van der Waals surface area contributed by atoms with Crippen LogP contribution in [0.1, 0.15) is 19.8 Å². The number of hydrogen-bond donors (Lipinski definition) is 2. The van der Waals surface area contributed by atoms with E-state index < -0.39 is 12.1 Å². The van der Waals surface area contributed by atoms with E-state index in [1.54, 1.807) is 6.08 Å². The van der Waals surface area contributed by atoms with Gasteiger partial charge in [0.05, 0.1) is 5.57 Å². The van der Waals surface area contributed by atoms with Crippen molar-refractivity contribution in [1.29, 1.82) is 0 Å². The number of Topliss-reactive ketones (excluding diaryl/α,β-unsaturated/α-hetero) is 1. The molecule has 92 valence electrons. The van der Waals surface area contributed by atoms with Gasteiger partial charge in [0.1, 0.15) is 6.61 Å². The second kappa shape index (κ2) is 4.71. The molecule has 1 aliphatic heterocycles. The summed E-state index contributed by atoms with van der Waals surface area (Å²) in [7, 11) is 0. The molecule has 17 heavy (non-hydrogen) atoms. The van der Waals surface area contributed by atoms with Gasteiger partial charge in [0.25, 0.3) is 0 Å². The number of dihydropyridines is 1. The van der Waals surface area contributed by atoms with Crippen LogP contribution >= 0.6 is 0 Å². The highest BCUT2D eigenvalue weighted by Crippen LogP contribution is 2.36. The summed E-state index contributed by atoms with van der Waals surface area (Å²) in [6.45, 7) is 1.41. The van der Waals surface area contributed by atoms with Gasteiger partial charge < -0.3 is 15.8 Å². The Labute approximate surface area is 99.7 Å². The third kappa shape index (κ3) is 2.94. The molecule has 2 aliphatic rings. The van der Waals surface area contributed by atoms with E-state index in [9.17, 15) is 9.59 Å². The lowest BCUT2D eigenvalue weighted by atomic mass is 10.1. The summed E-state index contributed by atoms with van der Waals surface area (Å²) in [6.07, 6.45) is 5.25.